The third-order valence-corrected chi connectivity index (χ3v) is 3.49. The van der Waals surface area contributed by atoms with E-state index in [-0.39, 0.29) is 11.8 Å². The van der Waals surface area contributed by atoms with Gasteiger partial charge in [-0.3, -0.25) is 9.59 Å². The average Bonchev–Trinajstić information content (AvgIpc) is 3.09. The maximum absolute atomic E-state index is 12.1. The number of nitrogens with one attached hydrogen (secondary N) is 3. The molecule has 1 aliphatic heterocycles. The summed E-state index contributed by atoms with van der Waals surface area (Å²) in [5.74, 6) is -0.156. The first kappa shape index (κ1) is 14.1. The van der Waals surface area contributed by atoms with Gasteiger partial charge in [0.15, 0.2) is 0 Å². The number of fused-ring (bicyclic) bond motifs is 1. The van der Waals surface area contributed by atoms with Crippen molar-refractivity contribution in [3.8, 4) is 0 Å². The molecular weight excluding hydrogens is 278 g/mol. The number of anilines is 2. The number of rotatable bonds is 4. The van der Waals surface area contributed by atoms with Crippen molar-refractivity contribution in [2.45, 2.75) is 19.8 Å². The van der Waals surface area contributed by atoms with Crippen LogP contribution in [0.3, 0.4) is 0 Å². The Morgan fingerprint density at radius 2 is 2.18 bits per heavy atom. The van der Waals surface area contributed by atoms with E-state index in [0.717, 1.165) is 23.4 Å². The molecule has 2 amide bonds. The van der Waals surface area contributed by atoms with Crippen LogP contribution in [-0.2, 0) is 9.59 Å². The second-order valence-electron chi connectivity index (χ2n) is 5.20. The molecule has 5 heteroatoms. The first-order chi connectivity index (χ1) is 10.7. The molecule has 0 saturated heterocycles. The number of aromatic nitrogens is 1. The smallest absolute Gasteiger partial charge is 0.256 e. The van der Waals surface area contributed by atoms with Gasteiger partial charge in [0.05, 0.1) is 5.57 Å². The molecule has 3 rings (SSSR count). The Hall–Kier alpha value is -2.82. The Balaban J connectivity index is 1.92. The third-order valence-electron chi connectivity index (χ3n) is 3.49. The van der Waals surface area contributed by atoms with Gasteiger partial charge >= 0.3 is 0 Å². The monoisotopic (exact) mass is 295 g/mol. The fourth-order valence-electron chi connectivity index (χ4n) is 2.45. The Kier molecular flexibility index (Phi) is 3.78. The van der Waals surface area contributed by atoms with Crippen molar-refractivity contribution in [3.63, 3.8) is 0 Å². The van der Waals surface area contributed by atoms with E-state index in [9.17, 15) is 9.59 Å². The van der Waals surface area contributed by atoms with Crippen molar-refractivity contribution >= 4 is 34.8 Å². The molecule has 1 aliphatic rings. The molecule has 0 fully saturated rings. The third kappa shape index (κ3) is 2.79. The zero-order valence-electron chi connectivity index (χ0n) is 12.3. The molecule has 0 unspecified atom stereocenters. The topological polar surface area (TPSA) is 74.0 Å². The fraction of sp³-hybridized carbons (Fsp3) is 0.176. The lowest BCUT2D eigenvalue weighted by Gasteiger charge is -2.06. The minimum atomic E-state index is -0.137. The lowest BCUT2D eigenvalue weighted by atomic mass is 10.1. The Labute approximate surface area is 128 Å². The molecular formula is C17H17N3O2. The molecule has 2 aromatic rings. The van der Waals surface area contributed by atoms with Crippen LogP contribution in [0.1, 0.15) is 31.0 Å². The number of aromatic amines is 1. The van der Waals surface area contributed by atoms with Gasteiger partial charge < -0.3 is 15.6 Å². The predicted octanol–water partition coefficient (Wildman–Crippen LogP) is 3.25. The van der Waals surface area contributed by atoms with Gasteiger partial charge in [0, 0.05) is 35.2 Å². The van der Waals surface area contributed by atoms with Gasteiger partial charge in [0.2, 0.25) is 5.91 Å². The number of H-pyrrole nitrogens is 1. The van der Waals surface area contributed by atoms with Crippen molar-refractivity contribution in [1.82, 2.24) is 4.98 Å². The highest BCUT2D eigenvalue weighted by Crippen LogP contribution is 2.34. The SMILES string of the molecule is CCCC(=O)Nc1ccc2c(c1)/C(=C/c1ccc[nH]1)C(=O)N2. The molecule has 5 nitrogen and oxygen atoms in total. The predicted molar refractivity (Wildman–Crippen MR) is 87.3 cm³/mol. The molecule has 3 N–H and O–H groups in total. The van der Waals surface area contributed by atoms with Crippen LogP contribution in [0.15, 0.2) is 36.5 Å². The van der Waals surface area contributed by atoms with Gasteiger partial charge in [-0.2, -0.15) is 0 Å². The van der Waals surface area contributed by atoms with E-state index >= 15 is 0 Å². The molecule has 0 spiro atoms. The summed E-state index contributed by atoms with van der Waals surface area (Å²) < 4.78 is 0. The van der Waals surface area contributed by atoms with Crippen LogP contribution in [0.25, 0.3) is 11.6 Å². The summed E-state index contributed by atoms with van der Waals surface area (Å²) in [6.45, 7) is 1.96. The normalized spacial score (nSPS) is 14.8. The van der Waals surface area contributed by atoms with E-state index in [4.69, 9.17) is 0 Å². The molecule has 0 bridgehead atoms. The minimum absolute atomic E-state index is 0.0189. The summed E-state index contributed by atoms with van der Waals surface area (Å²) in [6, 6.07) is 9.21. The van der Waals surface area contributed by atoms with Crippen LogP contribution in [-0.4, -0.2) is 16.8 Å². The summed E-state index contributed by atoms with van der Waals surface area (Å²) in [6.07, 6.45) is 4.90. The van der Waals surface area contributed by atoms with Crippen molar-refractivity contribution < 1.29 is 9.59 Å². The molecule has 0 aliphatic carbocycles. The highest BCUT2D eigenvalue weighted by molar-refractivity contribution is 6.35. The summed E-state index contributed by atoms with van der Waals surface area (Å²) >= 11 is 0. The van der Waals surface area contributed by atoms with Crippen LogP contribution in [0.2, 0.25) is 0 Å². The first-order valence-corrected chi connectivity index (χ1v) is 7.28. The first-order valence-electron chi connectivity index (χ1n) is 7.28. The second kappa shape index (κ2) is 5.89. The number of carbonyl (C=O) groups excluding carboxylic acids is 2. The van der Waals surface area contributed by atoms with E-state index in [2.05, 4.69) is 15.6 Å². The van der Waals surface area contributed by atoms with E-state index in [1.165, 1.54) is 0 Å². The molecule has 22 heavy (non-hydrogen) atoms. The van der Waals surface area contributed by atoms with E-state index in [1.54, 1.807) is 12.1 Å². The van der Waals surface area contributed by atoms with Gasteiger partial charge in [-0.15, -0.1) is 0 Å². The Bertz CT molecular complexity index is 745. The van der Waals surface area contributed by atoms with Gasteiger partial charge in [0.25, 0.3) is 5.91 Å². The van der Waals surface area contributed by atoms with Crippen molar-refractivity contribution in [1.29, 1.82) is 0 Å². The minimum Gasteiger partial charge on any atom is -0.362 e. The molecule has 0 atom stereocenters. The van der Waals surface area contributed by atoms with Gasteiger partial charge in [-0.25, -0.2) is 0 Å². The van der Waals surface area contributed by atoms with Gasteiger partial charge in [0.1, 0.15) is 0 Å². The summed E-state index contributed by atoms with van der Waals surface area (Å²) in [5, 5.41) is 5.69. The van der Waals surface area contributed by atoms with Crippen molar-refractivity contribution in [2.24, 2.45) is 0 Å². The molecule has 0 radical (unpaired) electrons. The number of carbonyl (C=O) groups is 2. The van der Waals surface area contributed by atoms with Crippen LogP contribution < -0.4 is 10.6 Å². The lowest BCUT2D eigenvalue weighted by molar-refractivity contribution is -0.116. The van der Waals surface area contributed by atoms with Crippen LogP contribution in [0.5, 0.6) is 0 Å². The van der Waals surface area contributed by atoms with Gasteiger partial charge in [-0.05, 0) is 42.8 Å². The molecule has 0 saturated carbocycles. The zero-order valence-corrected chi connectivity index (χ0v) is 12.3. The van der Waals surface area contributed by atoms with E-state index in [0.29, 0.717) is 17.7 Å². The molecule has 112 valence electrons. The number of benzene rings is 1. The van der Waals surface area contributed by atoms with Gasteiger partial charge in [-0.1, -0.05) is 6.92 Å². The Morgan fingerprint density at radius 1 is 1.32 bits per heavy atom. The number of hydrogen-bond donors (Lipinski definition) is 3. The maximum Gasteiger partial charge on any atom is 0.256 e. The summed E-state index contributed by atoms with van der Waals surface area (Å²) in [7, 11) is 0. The van der Waals surface area contributed by atoms with E-state index < -0.39 is 0 Å². The second-order valence-corrected chi connectivity index (χ2v) is 5.20. The molecule has 1 aromatic carbocycles. The molecule has 1 aromatic heterocycles. The van der Waals surface area contributed by atoms with Crippen molar-refractivity contribution in [2.75, 3.05) is 10.6 Å². The average molecular weight is 295 g/mol. The lowest BCUT2D eigenvalue weighted by Crippen LogP contribution is -2.10. The maximum atomic E-state index is 12.1. The standard InChI is InChI=1S/C17H17N3O2/c1-2-4-16(21)19-12-6-7-15-13(10-12)14(17(22)20-15)9-11-5-3-8-18-11/h3,5-10,18H,2,4H2,1H3,(H,19,21)(H,20,22)/b14-9-. The highest BCUT2D eigenvalue weighted by atomic mass is 16.2. The van der Waals surface area contributed by atoms with Crippen LogP contribution in [0.4, 0.5) is 11.4 Å². The zero-order chi connectivity index (χ0) is 15.5. The van der Waals surface area contributed by atoms with Crippen LogP contribution in [0, 0.1) is 0 Å². The fourth-order valence-corrected chi connectivity index (χ4v) is 2.45. The summed E-state index contributed by atoms with van der Waals surface area (Å²) in [4.78, 5) is 26.9. The van der Waals surface area contributed by atoms with E-state index in [1.807, 2.05) is 37.4 Å². The largest absolute Gasteiger partial charge is 0.362 e. The molecule has 2 heterocycles. The number of hydrogen-bond acceptors (Lipinski definition) is 2. The highest BCUT2D eigenvalue weighted by Gasteiger charge is 2.24. The van der Waals surface area contributed by atoms with Crippen LogP contribution >= 0.6 is 0 Å². The summed E-state index contributed by atoms with van der Waals surface area (Å²) in [5.41, 5.74) is 3.71. The van der Waals surface area contributed by atoms with Crippen molar-refractivity contribution in [3.05, 3.63) is 47.8 Å². The number of amides is 2. The quantitative estimate of drug-likeness (QED) is 0.757. The Morgan fingerprint density at radius 3 is 2.91 bits per heavy atom.